The molecule has 0 aliphatic heterocycles. The number of hydrogen-bond donors (Lipinski definition) is 2. The fraction of sp³-hybridized carbons (Fsp3) is 0.562. The van der Waals surface area contributed by atoms with Gasteiger partial charge in [-0.05, 0) is 56.5 Å². The normalized spacial score (nSPS) is 25.6. The molecular formula is C16H26ClN3. The van der Waals surface area contributed by atoms with Crippen LogP contribution in [-0.2, 0) is 0 Å². The molecule has 0 amide bonds. The van der Waals surface area contributed by atoms with E-state index in [-0.39, 0.29) is 0 Å². The van der Waals surface area contributed by atoms with Gasteiger partial charge in [0.25, 0.3) is 0 Å². The van der Waals surface area contributed by atoms with Crippen molar-refractivity contribution in [2.45, 2.75) is 38.6 Å². The molecule has 0 aromatic heterocycles. The average molecular weight is 296 g/mol. The fourth-order valence-electron chi connectivity index (χ4n) is 2.77. The van der Waals surface area contributed by atoms with Gasteiger partial charge in [0.1, 0.15) is 5.17 Å². The highest BCUT2D eigenvalue weighted by Crippen LogP contribution is 2.32. The predicted octanol–water partition coefficient (Wildman–Crippen LogP) is 3.58. The van der Waals surface area contributed by atoms with Gasteiger partial charge in [-0.25, -0.2) is 4.99 Å². The Bertz CT molecular complexity index is 399. The quantitative estimate of drug-likeness (QED) is 0.557. The second kappa shape index (κ2) is 8.98. The van der Waals surface area contributed by atoms with Crippen molar-refractivity contribution < 1.29 is 0 Å². The molecule has 4 heteroatoms. The van der Waals surface area contributed by atoms with E-state index in [1.165, 1.54) is 25.5 Å². The van der Waals surface area contributed by atoms with E-state index in [4.69, 9.17) is 17.3 Å². The van der Waals surface area contributed by atoms with E-state index in [2.05, 4.69) is 23.8 Å². The standard InChI is InChI=1S/C16H26ClN3/c1-12(11-14-7-6-8-15(14)19-3)13(2)20-16(17)9-4-5-10-18/h4-5,9-10,12,14-15,19H,2,6-8,11,18H2,1,3H3/b9-4-,10-5+,20-16+. The second-order valence-electron chi connectivity index (χ2n) is 5.39. The van der Waals surface area contributed by atoms with Gasteiger partial charge in [-0.2, -0.15) is 0 Å². The summed E-state index contributed by atoms with van der Waals surface area (Å²) in [7, 11) is 2.05. The molecule has 1 fully saturated rings. The number of nitrogens with one attached hydrogen (secondary N) is 1. The second-order valence-corrected chi connectivity index (χ2v) is 5.78. The van der Waals surface area contributed by atoms with Crippen molar-refractivity contribution in [3.8, 4) is 0 Å². The summed E-state index contributed by atoms with van der Waals surface area (Å²) < 4.78 is 0. The van der Waals surface area contributed by atoms with E-state index in [9.17, 15) is 0 Å². The zero-order chi connectivity index (χ0) is 15.0. The van der Waals surface area contributed by atoms with Crippen molar-refractivity contribution in [1.82, 2.24) is 5.32 Å². The number of nitrogens with two attached hydrogens (primary N) is 1. The Morgan fingerprint density at radius 3 is 2.90 bits per heavy atom. The lowest BCUT2D eigenvalue weighted by atomic mass is 9.90. The minimum Gasteiger partial charge on any atom is -0.405 e. The molecule has 20 heavy (non-hydrogen) atoms. The number of hydrogen-bond acceptors (Lipinski definition) is 3. The number of halogens is 1. The first-order chi connectivity index (χ1) is 9.58. The maximum Gasteiger partial charge on any atom is 0.129 e. The minimum atomic E-state index is 0.348. The number of aliphatic imine (C=N–C) groups is 1. The summed E-state index contributed by atoms with van der Waals surface area (Å²) in [4.78, 5) is 4.35. The first kappa shape index (κ1) is 17.0. The molecule has 1 aliphatic rings. The zero-order valence-electron chi connectivity index (χ0n) is 12.5. The summed E-state index contributed by atoms with van der Waals surface area (Å²) >= 11 is 6.04. The van der Waals surface area contributed by atoms with Crippen LogP contribution >= 0.6 is 11.6 Å². The van der Waals surface area contributed by atoms with Crippen LogP contribution < -0.4 is 11.1 Å². The van der Waals surface area contributed by atoms with Gasteiger partial charge in [-0.1, -0.05) is 37.6 Å². The monoisotopic (exact) mass is 295 g/mol. The molecular weight excluding hydrogens is 270 g/mol. The van der Waals surface area contributed by atoms with Crippen LogP contribution in [0.1, 0.15) is 32.6 Å². The summed E-state index contributed by atoms with van der Waals surface area (Å²) in [6.07, 6.45) is 11.6. The molecule has 3 unspecified atom stereocenters. The third-order valence-corrected chi connectivity index (χ3v) is 4.17. The van der Waals surface area contributed by atoms with Gasteiger partial charge in [-0.15, -0.1) is 0 Å². The molecule has 1 saturated carbocycles. The Balaban J connectivity index is 2.52. The summed E-state index contributed by atoms with van der Waals surface area (Å²) in [5.74, 6) is 1.07. The van der Waals surface area contributed by atoms with Gasteiger partial charge in [-0.3, -0.25) is 0 Å². The van der Waals surface area contributed by atoms with E-state index >= 15 is 0 Å². The number of nitrogens with zero attached hydrogens (tertiary/aromatic N) is 1. The molecule has 0 radical (unpaired) electrons. The van der Waals surface area contributed by atoms with Gasteiger partial charge >= 0.3 is 0 Å². The average Bonchev–Trinajstić information content (AvgIpc) is 2.86. The van der Waals surface area contributed by atoms with Crippen LogP contribution in [0.25, 0.3) is 0 Å². The van der Waals surface area contributed by atoms with Crippen LogP contribution in [0, 0.1) is 11.8 Å². The lowest BCUT2D eigenvalue weighted by Gasteiger charge is -2.22. The van der Waals surface area contributed by atoms with Crippen molar-refractivity contribution >= 4 is 16.8 Å². The van der Waals surface area contributed by atoms with Crippen LogP contribution in [-0.4, -0.2) is 18.3 Å². The molecule has 1 aliphatic carbocycles. The smallest absolute Gasteiger partial charge is 0.129 e. The number of rotatable bonds is 7. The Hall–Kier alpha value is -1.06. The van der Waals surface area contributed by atoms with Crippen molar-refractivity contribution in [2.75, 3.05) is 7.05 Å². The van der Waals surface area contributed by atoms with Crippen molar-refractivity contribution in [1.29, 1.82) is 0 Å². The molecule has 3 N–H and O–H groups in total. The molecule has 112 valence electrons. The predicted molar refractivity (Wildman–Crippen MR) is 88.9 cm³/mol. The highest BCUT2D eigenvalue weighted by molar-refractivity contribution is 6.68. The van der Waals surface area contributed by atoms with E-state index in [1.54, 1.807) is 18.2 Å². The number of allylic oxidation sites excluding steroid dienone is 4. The molecule has 0 saturated heterocycles. The van der Waals surface area contributed by atoms with Crippen molar-refractivity contribution in [3.63, 3.8) is 0 Å². The van der Waals surface area contributed by atoms with Crippen LogP contribution in [0.2, 0.25) is 0 Å². The Morgan fingerprint density at radius 2 is 2.25 bits per heavy atom. The zero-order valence-corrected chi connectivity index (χ0v) is 13.2. The Labute approximate surface area is 127 Å². The maximum absolute atomic E-state index is 6.04. The Kier molecular flexibility index (Phi) is 7.63. The third-order valence-electron chi connectivity index (χ3n) is 3.96. The highest BCUT2D eigenvalue weighted by atomic mass is 35.5. The summed E-state index contributed by atoms with van der Waals surface area (Å²) in [5.41, 5.74) is 6.09. The van der Waals surface area contributed by atoms with E-state index in [0.29, 0.717) is 17.1 Å². The maximum atomic E-state index is 6.04. The molecule has 0 aromatic rings. The lowest BCUT2D eigenvalue weighted by molar-refractivity contribution is 0.360. The van der Waals surface area contributed by atoms with Gasteiger partial charge in [0.05, 0.1) is 0 Å². The van der Waals surface area contributed by atoms with E-state index in [1.807, 2.05) is 7.05 Å². The van der Waals surface area contributed by atoms with Crippen LogP contribution in [0.15, 0.2) is 41.7 Å². The van der Waals surface area contributed by atoms with E-state index < -0.39 is 0 Å². The first-order valence-corrected chi connectivity index (χ1v) is 7.61. The first-order valence-electron chi connectivity index (χ1n) is 7.23. The summed E-state index contributed by atoms with van der Waals surface area (Å²) in [5, 5.41) is 3.85. The lowest BCUT2D eigenvalue weighted by Crippen LogP contribution is -2.30. The topological polar surface area (TPSA) is 50.4 Å². The molecule has 0 spiro atoms. The fourth-order valence-corrected chi connectivity index (χ4v) is 2.95. The van der Waals surface area contributed by atoms with Gasteiger partial charge in [0.15, 0.2) is 0 Å². The minimum absolute atomic E-state index is 0.348. The Morgan fingerprint density at radius 1 is 1.50 bits per heavy atom. The summed E-state index contributed by atoms with van der Waals surface area (Å²) in [6, 6.07) is 0.638. The van der Waals surface area contributed by atoms with Gasteiger partial charge in [0.2, 0.25) is 0 Å². The molecule has 0 bridgehead atoms. The van der Waals surface area contributed by atoms with Crippen LogP contribution in [0.5, 0.6) is 0 Å². The van der Waals surface area contributed by atoms with Crippen LogP contribution in [0.3, 0.4) is 0 Å². The molecule has 0 heterocycles. The van der Waals surface area contributed by atoms with Crippen LogP contribution in [0.4, 0.5) is 0 Å². The molecule has 3 nitrogen and oxygen atoms in total. The van der Waals surface area contributed by atoms with E-state index in [0.717, 1.165) is 18.0 Å². The van der Waals surface area contributed by atoms with Gasteiger partial charge < -0.3 is 11.1 Å². The highest BCUT2D eigenvalue weighted by Gasteiger charge is 2.27. The van der Waals surface area contributed by atoms with Crippen molar-refractivity contribution in [3.05, 3.63) is 36.7 Å². The largest absolute Gasteiger partial charge is 0.405 e. The SMILES string of the molecule is C=C(\N=C(Cl)/C=C\C=C\N)C(C)CC1CCCC1NC. The van der Waals surface area contributed by atoms with Crippen molar-refractivity contribution in [2.24, 2.45) is 22.6 Å². The third kappa shape index (κ3) is 5.51. The van der Waals surface area contributed by atoms with Gasteiger partial charge in [0, 0.05) is 11.7 Å². The molecule has 0 aromatic carbocycles. The molecule has 3 atom stereocenters. The molecule has 1 rings (SSSR count). The summed E-state index contributed by atoms with van der Waals surface area (Å²) in [6.45, 7) is 6.22.